The lowest BCUT2D eigenvalue weighted by Crippen LogP contribution is -2.04. The summed E-state index contributed by atoms with van der Waals surface area (Å²) in [5.41, 5.74) is 1.11. The van der Waals surface area contributed by atoms with Gasteiger partial charge in [-0.25, -0.2) is 0 Å². The zero-order valence-corrected chi connectivity index (χ0v) is 12.9. The van der Waals surface area contributed by atoms with Gasteiger partial charge in [0.05, 0.1) is 12.7 Å². The standard InChI is InChI=1S/C16H15ClO2S/c1-3-20-13-7-4-11(5-8-13)16(18)14-10-12(17)6-9-15(14)19-2/h4-10H,3H2,1-2H3. The normalized spacial score (nSPS) is 10.3. The van der Waals surface area contributed by atoms with Gasteiger partial charge in [-0.3, -0.25) is 4.79 Å². The number of ether oxygens (including phenoxy) is 1. The van der Waals surface area contributed by atoms with Crippen LogP contribution in [0.1, 0.15) is 22.8 Å². The van der Waals surface area contributed by atoms with E-state index in [0.717, 1.165) is 10.6 Å². The average molecular weight is 307 g/mol. The van der Waals surface area contributed by atoms with Gasteiger partial charge < -0.3 is 4.74 Å². The van der Waals surface area contributed by atoms with Crippen LogP contribution in [0.25, 0.3) is 0 Å². The molecule has 0 saturated carbocycles. The van der Waals surface area contributed by atoms with E-state index in [1.807, 2.05) is 24.3 Å². The van der Waals surface area contributed by atoms with E-state index in [-0.39, 0.29) is 5.78 Å². The highest BCUT2D eigenvalue weighted by Crippen LogP contribution is 2.26. The van der Waals surface area contributed by atoms with Crippen LogP contribution in [0.3, 0.4) is 0 Å². The number of hydrogen-bond donors (Lipinski definition) is 0. The van der Waals surface area contributed by atoms with Gasteiger partial charge in [0.15, 0.2) is 5.78 Å². The van der Waals surface area contributed by atoms with E-state index in [1.165, 1.54) is 0 Å². The minimum Gasteiger partial charge on any atom is -0.496 e. The highest BCUT2D eigenvalue weighted by molar-refractivity contribution is 7.99. The summed E-state index contributed by atoms with van der Waals surface area (Å²) in [4.78, 5) is 13.7. The molecule has 4 heteroatoms. The van der Waals surface area contributed by atoms with Crippen molar-refractivity contribution in [3.63, 3.8) is 0 Å². The number of carbonyl (C=O) groups excluding carboxylic acids is 1. The van der Waals surface area contributed by atoms with Gasteiger partial charge in [-0.1, -0.05) is 18.5 Å². The monoisotopic (exact) mass is 306 g/mol. The second-order valence-corrected chi connectivity index (χ2v) is 5.90. The maximum Gasteiger partial charge on any atom is 0.196 e. The third-order valence-corrected chi connectivity index (χ3v) is 3.96. The third-order valence-electron chi connectivity index (χ3n) is 2.83. The van der Waals surface area contributed by atoms with Crippen molar-refractivity contribution in [3.05, 3.63) is 58.6 Å². The van der Waals surface area contributed by atoms with Gasteiger partial charge in [0, 0.05) is 15.5 Å². The minimum atomic E-state index is -0.0857. The van der Waals surface area contributed by atoms with Crippen molar-refractivity contribution >= 4 is 29.1 Å². The summed E-state index contributed by atoms with van der Waals surface area (Å²) in [6.07, 6.45) is 0. The predicted molar refractivity (Wildman–Crippen MR) is 84.3 cm³/mol. The zero-order valence-electron chi connectivity index (χ0n) is 11.4. The molecule has 20 heavy (non-hydrogen) atoms. The van der Waals surface area contributed by atoms with Crippen molar-refractivity contribution in [2.75, 3.05) is 12.9 Å². The predicted octanol–water partition coefficient (Wildman–Crippen LogP) is 4.69. The molecule has 0 spiro atoms. The largest absolute Gasteiger partial charge is 0.496 e. The molecular weight excluding hydrogens is 292 g/mol. The molecule has 2 aromatic rings. The number of thioether (sulfide) groups is 1. The Morgan fingerprint density at radius 1 is 1.20 bits per heavy atom. The van der Waals surface area contributed by atoms with Crippen LogP contribution in [-0.2, 0) is 0 Å². The first-order chi connectivity index (χ1) is 9.65. The van der Waals surface area contributed by atoms with Gasteiger partial charge in [-0.2, -0.15) is 0 Å². The Balaban J connectivity index is 2.33. The minimum absolute atomic E-state index is 0.0857. The zero-order chi connectivity index (χ0) is 14.5. The average Bonchev–Trinajstić information content (AvgIpc) is 2.47. The molecule has 0 saturated heterocycles. The van der Waals surface area contributed by atoms with E-state index >= 15 is 0 Å². The molecule has 104 valence electrons. The number of hydrogen-bond acceptors (Lipinski definition) is 3. The Labute approximate surface area is 128 Å². The summed E-state index contributed by atoms with van der Waals surface area (Å²) in [6, 6.07) is 12.6. The molecule has 0 heterocycles. The molecule has 0 bridgehead atoms. The molecule has 0 atom stereocenters. The lowest BCUT2D eigenvalue weighted by Gasteiger charge is -2.08. The number of rotatable bonds is 5. The summed E-state index contributed by atoms with van der Waals surface area (Å²) in [5.74, 6) is 1.46. The van der Waals surface area contributed by atoms with Gasteiger partial charge in [-0.15, -0.1) is 11.8 Å². The number of halogens is 1. The van der Waals surface area contributed by atoms with Crippen LogP contribution in [0.5, 0.6) is 5.75 Å². The Bertz CT molecular complexity index is 608. The number of carbonyl (C=O) groups is 1. The molecule has 0 aromatic heterocycles. The first kappa shape index (κ1) is 14.9. The van der Waals surface area contributed by atoms with E-state index in [1.54, 1.807) is 37.1 Å². The van der Waals surface area contributed by atoms with Crippen molar-refractivity contribution < 1.29 is 9.53 Å². The SMILES string of the molecule is CCSc1ccc(C(=O)c2cc(Cl)ccc2OC)cc1. The molecule has 0 radical (unpaired) electrons. The van der Waals surface area contributed by atoms with Crippen LogP contribution in [0, 0.1) is 0 Å². The van der Waals surface area contributed by atoms with Crippen LogP contribution in [0.2, 0.25) is 5.02 Å². The van der Waals surface area contributed by atoms with Crippen LogP contribution in [0.4, 0.5) is 0 Å². The fourth-order valence-electron chi connectivity index (χ4n) is 1.88. The fourth-order valence-corrected chi connectivity index (χ4v) is 2.72. The number of ketones is 1. The summed E-state index contributed by atoms with van der Waals surface area (Å²) in [7, 11) is 1.54. The topological polar surface area (TPSA) is 26.3 Å². The fraction of sp³-hybridized carbons (Fsp3) is 0.188. The molecule has 0 aliphatic heterocycles. The van der Waals surface area contributed by atoms with E-state index < -0.39 is 0 Å². The molecule has 2 nitrogen and oxygen atoms in total. The van der Waals surface area contributed by atoms with E-state index in [4.69, 9.17) is 16.3 Å². The quantitative estimate of drug-likeness (QED) is 0.592. The molecule has 0 amide bonds. The van der Waals surface area contributed by atoms with Crippen LogP contribution < -0.4 is 4.74 Å². The Morgan fingerprint density at radius 3 is 2.50 bits per heavy atom. The first-order valence-corrected chi connectivity index (χ1v) is 7.63. The Hall–Kier alpha value is -1.45. The summed E-state index contributed by atoms with van der Waals surface area (Å²) in [6.45, 7) is 2.10. The van der Waals surface area contributed by atoms with Gasteiger partial charge in [0.2, 0.25) is 0 Å². The molecule has 0 N–H and O–H groups in total. The van der Waals surface area contributed by atoms with Crippen LogP contribution >= 0.6 is 23.4 Å². The molecule has 2 aromatic carbocycles. The Kier molecular flexibility index (Phi) is 5.10. The highest BCUT2D eigenvalue weighted by Gasteiger charge is 2.15. The summed E-state index contributed by atoms with van der Waals surface area (Å²) in [5, 5.41) is 0.521. The molecule has 0 unspecified atom stereocenters. The van der Waals surface area contributed by atoms with Gasteiger partial charge in [-0.05, 0) is 48.2 Å². The van der Waals surface area contributed by atoms with E-state index in [2.05, 4.69) is 6.92 Å². The van der Waals surface area contributed by atoms with E-state index in [9.17, 15) is 4.79 Å². The second-order valence-electron chi connectivity index (χ2n) is 4.13. The van der Waals surface area contributed by atoms with Crippen molar-refractivity contribution in [3.8, 4) is 5.75 Å². The molecule has 0 fully saturated rings. The molecular formula is C16H15ClO2S. The molecule has 0 aliphatic carbocycles. The van der Waals surface area contributed by atoms with E-state index in [0.29, 0.717) is 21.9 Å². The maximum atomic E-state index is 12.5. The van der Waals surface area contributed by atoms with Crippen molar-refractivity contribution in [1.82, 2.24) is 0 Å². The van der Waals surface area contributed by atoms with Crippen molar-refractivity contribution in [2.24, 2.45) is 0 Å². The van der Waals surface area contributed by atoms with Gasteiger partial charge in [0.1, 0.15) is 5.75 Å². The lowest BCUT2D eigenvalue weighted by atomic mass is 10.0. The van der Waals surface area contributed by atoms with Crippen LogP contribution in [-0.4, -0.2) is 18.6 Å². The van der Waals surface area contributed by atoms with Gasteiger partial charge in [0.25, 0.3) is 0 Å². The maximum absolute atomic E-state index is 12.5. The lowest BCUT2D eigenvalue weighted by molar-refractivity contribution is 0.103. The smallest absolute Gasteiger partial charge is 0.196 e. The molecule has 2 rings (SSSR count). The Morgan fingerprint density at radius 2 is 1.90 bits per heavy atom. The number of benzene rings is 2. The highest BCUT2D eigenvalue weighted by atomic mass is 35.5. The molecule has 0 aliphatic rings. The second kappa shape index (κ2) is 6.82. The summed E-state index contributed by atoms with van der Waals surface area (Å²) >= 11 is 7.71. The van der Waals surface area contributed by atoms with Crippen LogP contribution in [0.15, 0.2) is 47.4 Å². The third kappa shape index (κ3) is 3.35. The van der Waals surface area contributed by atoms with Gasteiger partial charge >= 0.3 is 0 Å². The number of methoxy groups -OCH3 is 1. The van der Waals surface area contributed by atoms with Crippen molar-refractivity contribution in [1.29, 1.82) is 0 Å². The first-order valence-electron chi connectivity index (χ1n) is 6.26. The summed E-state index contributed by atoms with van der Waals surface area (Å²) < 4.78 is 5.22. The van der Waals surface area contributed by atoms with Crippen molar-refractivity contribution in [2.45, 2.75) is 11.8 Å².